The first-order valence-electron chi connectivity index (χ1n) is 5.35. The summed E-state index contributed by atoms with van der Waals surface area (Å²) < 4.78 is -8.29. The molecule has 19 heavy (non-hydrogen) atoms. The van der Waals surface area contributed by atoms with E-state index in [-0.39, 0.29) is 0 Å². The van der Waals surface area contributed by atoms with E-state index in [4.69, 9.17) is 104 Å². The molecule has 0 spiro atoms. The largest absolute Gasteiger partial charge is 0.226 e. The molecule has 1 radical (unpaired) electrons. The molecule has 0 nitrogen and oxygen atoms in total. The van der Waals surface area contributed by atoms with Crippen LogP contribution >= 0.6 is 104 Å². The summed E-state index contributed by atoms with van der Waals surface area (Å²) in [5, 5.41) is 0. The summed E-state index contributed by atoms with van der Waals surface area (Å²) in [6, 6.07) is 0. The van der Waals surface area contributed by atoms with Crippen LogP contribution in [0.2, 0.25) is 0 Å². The predicted octanol–water partition coefficient (Wildman–Crippen LogP) is 7.66. The molecule has 0 heterocycles. The van der Waals surface area contributed by atoms with Crippen LogP contribution in [-0.4, -0.2) is 16.8 Å². The minimum atomic E-state index is -2.21. The number of rotatable bonds is 7. The van der Waals surface area contributed by atoms with Gasteiger partial charge in [-0.1, -0.05) is 131 Å². The summed E-state index contributed by atoms with van der Waals surface area (Å²) in [5.41, 5.74) is 0. The van der Waals surface area contributed by atoms with Gasteiger partial charge in [0.15, 0.2) is 13.0 Å². The number of alkyl halides is 9. The van der Waals surface area contributed by atoms with Crippen LogP contribution in [0.15, 0.2) is 0 Å². The summed E-state index contributed by atoms with van der Waals surface area (Å²) in [6.07, 6.45) is 5.00. The minimum Gasteiger partial charge on any atom is -0.0978 e. The van der Waals surface area contributed by atoms with Gasteiger partial charge in [0, 0.05) is 6.42 Å². The highest BCUT2D eigenvalue weighted by Crippen LogP contribution is 2.63. The van der Waals surface area contributed by atoms with Crippen molar-refractivity contribution in [1.29, 1.82) is 0 Å². The molecule has 0 aliphatic heterocycles. The van der Waals surface area contributed by atoms with Crippen molar-refractivity contribution in [1.82, 2.24) is 0 Å². The first-order chi connectivity index (χ1) is 8.31. The lowest BCUT2D eigenvalue weighted by atomic mass is 10.1. The lowest BCUT2D eigenvalue weighted by Gasteiger charge is -2.43. The molecule has 0 aliphatic carbocycles. The Kier molecular flexibility index (Phi) is 9.02. The second kappa shape index (κ2) is 7.93. The van der Waals surface area contributed by atoms with E-state index < -0.39 is 16.8 Å². The summed E-state index contributed by atoms with van der Waals surface area (Å²) in [5.74, 6) is 0. The predicted molar refractivity (Wildman–Crippen MR) is 92.0 cm³/mol. The van der Waals surface area contributed by atoms with Crippen LogP contribution in [0, 0.1) is 6.42 Å². The molecule has 0 saturated carbocycles. The fourth-order valence-corrected chi connectivity index (χ4v) is 3.34. The summed E-state index contributed by atoms with van der Waals surface area (Å²) in [7, 11) is 0. The molecule has 0 aromatic heterocycles. The van der Waals surface area contributed by atoms with Crippen molar-refractivity contribution in [3.8, 4) is 0 Å². The van der Waals surface area contributed by atoms with Gasteiger partial charge in [0.2, 0.25) is 3.79 Å². The highest BCUT2D eigenvalue weighted by molar-refractivity contribution is 6.80. The van der Waals surface area contributed by atoms with Crippen molar-refractivity contribution < 1.29 is 0 Å². The molecular weight excluding hydrogens is 439 g/mol. The van der Waals surface area contributed by atoms with Crippen LogP contribution in [0.5, 0.6) is 0 Å². The van der Waals surface area contributed by atoms with Crippen LogP contribution in [0.4, 0.5) is 0 Å². The summed E-state index contributed by atoms with van der Waals surface area (Å²) >= 11 is 53.2. The third-order valence-corrected chi connectivity index (χ3v) is 7.75. The van der Waals surface area contributed by atoms with Gasteiger partial charge in [-0.15, -0.1) is 0 Å². The molecule has 0 aliphatic rings. The molecule has 0 aromatic carbocycles. The lowest BCUT2D eigenvalue weighted by Crippen LogP contribution is -2.56. The van der Waals surface area contributed by atoms with Gasteiger partial charge in [-0.2, -0.15) is 0 Å². The number of halogens is 9. The van der Waals surface area contributed by atoms with Gasteiger partial charge in [-0.3, -0.25) is 0 Å². The van der Waals surface area contributed by atoms with Crippen LogP contribution < -0.4 is 0 Å². The molecule has 9 heteroatoms. The van der Waals surface area contributed by atoms with E-state index in [1.165, 1.54) is 6.42 Å². The molecule has 0 unspecified atom stereocenters. The Morgan fingerprint density at radius 1 is 0.737 bits per heavy atom. The van der Waals surface area contributed by atoms with Gasteiger partial charge in [-0.05, 0) is 6.42 Å². The number of unbranched alkanes of at least 4 members (excludes halogenated alkanes) is 3. The fourth-order valence-electron chi connectivity index (χ4n) is 1.19. The van der Waals surface area contributed by atoms with Crippen molar-refractivity contribution in [2.24, 2.45) is 0 Å². The topological polar surface area (TPSA) is 0 Å². The average molecular weight is 451 g/mol. The van der Waals surface area contributed by atoms with E-state index in [1.54, 1.807) is 0 Å². The van der Waals surface area contributed by atoms with Crippen LogP contribution in [0.3, 0.4) is 0 Å². The van der Waals surface area contributed by atoms with Crippen molar-refractivity contribution >= 4 is 104 Å². The Morgan fingerprint density at radius 2 is 1.21 bits per heavy atom. The van der Waals surface area contributed by atoms with Gasteiger partial charge in [0.05, 0.1) is 0 Å². The molecule has 0 atom stereocenters. The van der Waals surface area contributed by atoms with E-state index in [1.807, 2.05) is 0 Å². The van der Waals surface area contributed by atoms with Crippen LogP contribution in [0.1, 0.15) is 32.6 Å². The molecule has 0 saturated heterocycles. The van der Waals surface area contributed by atoms with E-state index in [9.17, 15) is 0 Å². The average Bonchev–Trinajstić information content (AvgIpc) is 2.22. The monoisotopic (exact) mass is 447 g/mol. The Hall–Kier alpha value is 2.61. The third-order valence-electron chi connectivity index (χ3n) is 2.38. The molecule has 0 N–H and O–H groups in total. The van der Waals surface area contributed by atoms with Gasteiger partial charge < -0.3 is 0 Å². The van der Waals surface area contributed by atoms with Crippen LogP contribution in [-0.2, 0) is 0 Å². The van der Waals surface area contributed by atoms with Gasteiger partial charge in [0.25, 0.3) is 0 Å². The molecule has 0 aromatic rings. The van der Waals surface area contributed by atoms with E-state index >= 15 is 0 Å². The Labute approximate surface area is 159 Å². The molecule has 0 fully saturated rings. The lowest BCUT2D eigenvalue weighted by molar-refractivity contribution is 0.592. The normalized spacial score (nSPS) is 14.8. The smallest absolute Gasteiger partial charge is 0.0978 e. The van der Waals surface area contributed by atoms with Crippen molar-refractivity contribution in [3.63, 3.8) is 0 Å². The maximum Gasteiger partial charge on any atom is 0.226 e. The number of hydrogen-bond donors (Lipinski definition) is 0. The number of hydrogen-bond acceptors (Lipinski definition) is 0. The quantitative estimate of drug-likeness (QED) is 0.275. The van der Waals surface area contributed by atoms with E-state index in [0.29, 0.717) is 6.42 Å². The standard InChI is InChI=1S/C10H12Cl9/c1-2-3-4-5-6-7(11,12)8(13,14)9(15,16)10(17,18)19/h6H,2-5H2,1H3. The first kappa shape index (κ1) is 21.6. The zero-order chi connectivity index (χ0) is 15.5. The zero-order valence-electron chi connectivity index (χ0n) is 9.81. The maximum atomic E-state index is 6.10. The fraction of sp³-hybridized carbons (Fsp3) is 0.900. The highest BCUT2D eigenvalue weighted by Gasteiger charge is 2.67. The molecular formula is C10H12Cl9. The van der Waals surface area contributed by atoms with Crippen molar-refractivity contribution in [2.75, 3.05) is 0 Å². The molecule has 0 rings (SSSR count). The van der Waals surface area contributed by atoms with Gasteiger partial charge >= 0.3 is 0 Å². The molecule has 0 bridgehead atoms. The zero-order valence-corrected chi connectivity index (χ0v) is 16.6. The van der Waals surface area contributed by atoms with Crippen molar-refractivity contribution in [2.45, 2.75) is 49.4 Å². The summed E-state index contributed by atoms with van der Waals surface area (Å²) in [4.78, 5) is 0. The van der Waals surface area contributed by atoms with Crippen LogP contribution in [0.25, 0.3) is 0 Å². The Balaban J connectivity index is 4.96. The minimum absolute atomic E-state index is 0.575. The summed E-state index contributed by atoms with van der Waals surface area (Å²) in [6.45, 7) is 2.06. The maximum absolute atomic E-state index is 6.10. The third kappa shape index (κ3) is 5.33. The second-order valence-corrected chi connectivity index (χ2v) is 10.3. The van der Waals surface area contributed by atoms with Gasteiger partial charge in [0.1, 0.15) is 0 Å². The van der Waals surface area contributed by atoms with Crippen molar-refractivity contribution in [3.05, 3.63) is 6.42 Å². The second-order valence-electron chi connectivity index (χ2n) is 3.97. The molecule has 0 amide bonds. The van der Waals surface area contributed by atoms with Gasteiger partial charge in [-0.25, -0.2) is 0 Å². The Bertz CT molecular complexity index is 279. The first-order valence-corrected chi connectivity index (χ1v) is 8.76. The Morgan fingerprint density at radius 3 is 1.58 bits per heavy atom. The molecule has 115 valence electrons. The van der Waals surface area contributed by atoms with E-state index in [0.717, 1.165) is 19.3 Å². The highest BCUT2D eigenvalue weighted by atomic mass is 35.6. The van der Waals surface area contributed by atoms with E-state index in [2.05, 4.69) is 6.92 Å². The SMILES string of the molecule is CCCCC[CH]C(Cl)(Cl)C(Cl)(Cl)C(Cl)(Cl)C(Cl)(Cl)Cl.